The van der Waals surface area contributed by atoms with Gasteiger partial charge in [-0.3, -0.25) is 14.9 Å². The van der Waals surface area contributed by atoms with Crippen molar-refractivity contribution in [2.24, 2.45) is 0 Å². The van der Waals surface area contributed by atoms with Gasteiger partial charge in [0, 0.05) is 40.3 Å². The Hall–Kier alpha value is -1.95. The molecule has 3 heterocycles. The van der Waals surface area contributed by atoms with Crippen LogP contribution in [0.25, 0.3) is 16.9 Å². The van der Waals surface area contributed by atoms with Gasteiger partial charge in [0.2, 0.25) is 0 Å². The Kier molecular flexibility index (Phi) is 3.17. The molecule has 102 valence electrons. The maximum absolute atomic E-state index is 12.2. The second-order valence-electron chi connectivity index (χ2n) is 4.91. The zero-order valence-corrected chi connectivity index (χ0v) is 12.7. The largest absolute Gasteiger partial charge is 0.297 e. The second-order valence-corrected chi connectivity index (χ2v) is 5.83. The van der Waals surface area contributed by atoms with Crippen LogP contribution in [0.4, 0.5) is 0 Å². The lowest BCUT2D eigenvalue weighted by atomic mass is 10.1. The van der Waals surface area contributed by atoms with E-state index in [1.165, 1.54) is 10.6 Å². The number of aromatic amines is 1. The number of aromatic nitrogens is 4. The van der Waals surface area contributed by atoms with Crippen molar-refractivity contribution in [3.63, 3.8) is 0 Å². The third-order valence-electron chi connectivity index (χ3n) is 3.15. The standard InChI is InChI=1S/C14H13BrN4O/c1-8(2)11-7-17-19-13(20)4-12(18-14(11)19)9-3-10(15)6-16-5-9/h3-8,17H,1-2H3. The molecule has 0 unspecified atom stereocenters. The normalized spacial score (nSPS) is 11.4. The van der Waals surface area contributed by atoms with Crippen molar-refractivity contribution in [3.8, 4) is 11.3 Å². The van der Waals surface area contributed by atoms with Crippen molar-refractivity contribution in [2.75, 3.05) is 0 Å². The Morgan fingerprint density at radius 2 is 2.10 bits per heavy atom. The minimum atomic E-state index is -0.128. The van der Waals surface area contributed by atoms with Gasteiger partial charge in [-0.2, -0.15) is 0 Å². The number of hydrogen-bond acceptors (Lipinski definition) is 3. The molecule has 3 rings (SSSR count). The van der Waals surface area contributed by atoms with E-state index in [4.69, 9.17) is 0 Å². The highest BCUT2D eigenvalue weighted by molar-refractivity contribution is 9.10. The summed E-state index contributed by atoms with van der Waals surface area (Å²) in [6.45, 7) is 4.14. The number of H-pyrrole nitrogens is 1. The molecule has 0 spiro atoms. The van der Waals surface area contributed by atoms with Gasteiger partial charge in [0.15, 0.2) is 5.65 Å². The summed E-state index contributed by atoms with van der Waals surface area (Å²) in [6.07, 6.45) is 5.23. The van der Waals surface area contributed by atoms with Crippen LogP contribution in [0.1, 0.15) is 25.3 Å². The van der Waals surface area contributed by atoms with Crippen LogP contribution in [0.2, 0.25) is 0 Å². The SMILES string of the molecule is CC(C)c1c[nH]n2c(=O)cc(-c3cncc(Br)c3)nc12. The van der Waals surface area contributed by atoms with Crippen LogP contribution in [-0.4, -0.2) is 19.6 Å². The van der Waals surface area contributed by atoms with E-state index in [1.54, 1.807) is 12.4 Å². The van der Waals surface area contributed by atoms with E-state index in [-0.39, 0.29) is 5.56 Å². The number of rotatable bonds is 2. The summed E-state index contributed by atoms with van der Waals surface area (Å²) in [5.74, 6) is 0.291. The van der Waals surface area contributed by atoms with Gasteiger partial charge in [0.25, 0.3) is 5.56 Å². The van der Waals surface area contributed by atoms with Gasteiger partial charge in [0.1, 0.15) is 0 Å². The molecular weight excluding hydrogens is 320 g/mol. The predicted molar refractivity (Wildman–Crippen MR) is 80.8 cm³/mol. The van der Waals surface area contributed by atoms with Crippen molar-refractivity contribution >= 4 is 21.6 Å². The van der Waals surface area contributed by atoms with Crippen LogP contribution in [-0.2, 0) is 0 Å². The first kappa shape index (κ1) is 13.1. The molecule has 0 atom stereocenters. The first-order valence-corrected chi connectivity index (χ1v) is 7.07. The van der Waals surface area contributed by atoms with Crippen LogP contribution < -0.4 is 5.56 Å². The summed E-state index contributed by atoms with van der Waals surface area (Å²) in [5.41, 5.74) is 3.01. The highest BCUT2D eigenvalue weighted by atomic mass is 79.9. The van der Waals surface area contributed by atoms with Gasteiger partial charge < -0.3 is 0 Å². The van der Waals surface area contributed by atoms with Gasteiger partial charge in [0.05, 0.1) is 5.69 Å². The van der Waals surface area contributed by atoms with E-state index < -0.39 is 0 Å². The molecule has 3 aromatic heterocycles. The Balaban J connectivity index is 2.28. The van der Waals surface area contributed by atoms with E-state index in [0.717, 1.165) is 15.6 Å². The van der Waals surface area contributed by atoms with E-state index in [9.17, 15) is 4.79 Å². The smallest absolute Gasteiger partial charge is 0.273 e. The Morgan fingerprint density at radius 3 is 2.80 bits per heavy atom. The van der Waals surface area contributed by atoms with Gasteiger partial charge >= 0.3 is 0 Å². The van der Waals surface area contributed by atoms with Crippen LogP contribution in [0.5, 0.6) is 0 Å². The minimum Gasteiger partial charge on any atom is -0.297 e. The van der Waals surface area contributed by atoms with Crippen molar-refractivity contribution in [2.45, 2.75) is 19.8 Å². The molecule has 0 bridgehead atoms. The molecule has 0 fully saturated rings. The molecule has 0 aliphatic heterocycles. The summed E-state index contributed by atoms with van der Waals surface area (Å²) in [4.78, 5) is 20.9. The molecule has 6 heteroatoms. The molecule has 0 aliphatic carbocycles. The highest BCUT2D eigenvalue weighted by Gasteiger charge is 2.12. The molecule has 0 saturated carbocycles. The topological polar surface area (TPSA) is 63.0 Å². The van der Waals surface area contributed by atoms with Gasteiger partial charge in [-0.1, -0.05) is 13.8 Å². The molecule has 3 aromatic rings. The lowest BCUT2D eigenvalue weighted by Crippen LogP contribution is -2.14. The molecule has 0 aliphatic rings. The van der Waals surface area contributed by atoms with E-state index in [0.29, 0.717) is 17.3 Å². The van der Waals surface area contributed by atoms with E-state index in [1.807, 2.05) is 12.3 Å². The number of halogens is 1. The van der Waals surface area contributed by atoms with Crippen molar-refractivity contribution in [1.29, 1.82) is 0 Å². The summed E-state index contributed by atoms with van der Waals surface area (Å²) in [6, 6.07) is 3.41. The van der Waals surface area contributed by atoms with Crippen LogP contribution in [0, 0.1) is 0 Å². The third kappa shape index (κ3) is 2.16. The molecule has 1 N–H and O–H groups in total. The molecule has 5 nitrogen and oxygen atoms in total. The predicted octanol–water partition coefficient (Wildman–Crippen LogP) is 2.97. The fourth-order valence-electron chi connectivity index (χ4n) is 2.12. The summed E-state index contributed by atoms with van der Waals surface area (Å²) in [7, 11) is 0. The third-order valence-corrected chi connectivity index (χ3v) is 3.58. The lowest BCUT2D eigenvalue weighted by molar-refractivity contribution is 0.870. The van der Waals surface area contributed by atoms with Gasteiger partial charge in [-0.05, 0) is 27.9 Å². The van der Waals surface area contributed by atoms with Crippen LogP contribution in [0.15, 0.2) is 40.0 Å². The molecule has 0 radical (unpaired) electrons. The second kappa shape index (κ2) is 4.86. The summed E-state index contributed by atoms with van der Waals surface area (Å²) < 4.78 is 2.32. The number of nitrogens with zero attached hydrogens (tertiary/aromatic N) is 3. The first-order chi connectivity index (χ1) is 9.56. The monoisotopic (exact) mass is 332 g/mol. The molecule has 0 saturated heterocycles. The molecule has 20 heavy (non-hydrogen) atoms. The molecule has 0 aromatic carbocycles. The van der Waals surface area contributed by atoms with Crippen molar-refractivity contribution < 1.29 is 0 Å². The average molecular weight is 333 g/mol. The number of hydrogen-bond donors (Lipinski definition) is 1. The molecule has 0 amide bonds. The zero-order valence-electron chi connectivity index (χ0n) is 11.1. The van der Waals surface area contributed by atoms with Crippen molar-refractivity contribution in [1.82, 2.24) is 19.6 Å². The zero-order chi connectivity index (χ0) is 14.3. The van der Waals surface area contributed by atoms with Gasteiger partial charge in [-0.15, -0.1) is 0 Å². The fourth-order valence-corrected chi connectivity index (χ4v) is 2.49. The maximum Gasteiger partial charge on any atom is 0.273 e. The number of fused-ring (bicyclic) bond motifs is 1. The minimum absolute atomic E-state index is 0.128. The van der Waals surface area contributed by atoms with Crippen LogP contribution >= 0.6 is 15.9 Å². The Labute approximate surface area is 123 Å². The number of nitrogens with one attached hydrogen (secondary N) is 1. The van der Waals surface area contributed by atoms with E-state index >= 15 is 0 Å². The Bertz CT molecular complexity index is 835. The van der Waals surface area contributed by atoms with Crippen LogP contribution in [0.3, 0.4) is 0 Å². The maximum atomic E-state index is 12.2. The fraction of sp³-hybridized carbons (Fsp3) is 0.214. The Morgan fingerprint density at radius 1 is 1.30 bits per heavy atom. The summed E-state index contributed by atoms with van der Waals surface area (Å²) >= 11 is 3.38. The van der Waals surface area contributed by atoms with E-state index in [2.05, 4.69) is 44.8 Å². The number of pyridine rings is 1. The quantitative estimate of drug-likeness (QED) is 0.784. The first-order valence-electron chi connectivity index (χ1n) is 6.28. The summed E-state index contributed by atoms with van der Waals surface area (Å²) in [5, 5.41) is 2.94. The molecular formula is C14H13BrN4O. The average Bonchev–Trinajstić information content (AvgIpc) is 2.83. The van der Waals surface area contributed by atoms with Gasteiger partial charge in [-0.25, -0.2) is 9.50 Å². The highest BCUT2D eigenvalue weighted by Crippen LogP contribution is 2.22. The van der Waals surface area contributed by atoms with Crippen molar-refractivity contribution in [3.05, 3.63) is 51.1 Å². The lowest BCUT2D eigenvalue weighted by Gasteiger charge is -2.04.